The normalized spacial score (nSPS) is 26.6. The molecule has 0 spiro atoms. The van der Waals surface area contributed by atoms with Crippen molar-refractivity contribution in [1.29, 1.82) is 0 Å². The Bertz CT molecular complexity index is 66.6. The van der Waals surface area contributed by atoms with Crippen LogP contribution >= 0.6 is 15.9 Å². The van der Waals surface area contributed by atoms with Crippen molar-refractivity contribution in [2.45, 2.75) is 5.67 Å². The highest BCUT2D eigenvalue weighted by atomic mass is 79.9. The van der Waals surface area contributed by atoms with Crippen molar-refractivity contribution in [3.63, 3.8) is 0 Å². The van der Waals surface area contributed by atoms with Gasteiger partial charge in [0, 0.05) is 18.4 Å². The molecule has 0 aromatic rings. The zero-order valence-corrected chi connectivity index (χ0v) is 5.46. The number of rotatable bonds is 1. The molecule has 0 aromatic carbocycles. The summed E-state index contributed by atoms with van der Waals surface area (Å²) >= 11 is 3.07. The quantitative estimate of drug-likeness (QED) is 0.568. The lowest BCUT2D eigenvalue weighted by atomic mass is 10.0. The Hall–Kier alpha value is 0.370. The summed E-state index contributed by atoms with van der Waals surface area (Å²) in [5, 5.41) is 3.31. The van der Waals surface area contributed by atoms with Crippen LogP contribution in [0.15, 0.2) is 0 Å². The van der Waals surface area contributed by atoms with Gasteiger partial charge in [-0.1, -0.05) is 15.9 Å². The predicted molar refractivity (Wildman–Crippen MR) is 30.5 cm³/mol. The van der Waals surface area contributed by atoms with E-state index in [4.69, 9.17) is 0 Å². The van der Waals surface area contributed by atoms with Crippen LogP contribution in [0.25, 0.3) is 0 Å². The first-order chi connectivity index (χ1) is 3.27. The Balaban J connectivity index is 2.29. The Labute approximate surface area is 50.4 Å². The van der Waals surface area contributed by atoms with Gasteiger partial charge in [-0.25, -0.2) is 4.39 Å². The van der Waals surface area contributed by atoms with Gasteiger partial charge in [0.15, 0.2) is 0 Å². The SMILES string of the molecule is FC1(CBr)CNC1. The Morgan fingerprint density at radius 1 is 1.71 bits per heavy atom. The molecule has 0 bridgehead atoms. The summed E-state index contributed by atoms with van der Waals surface area (Å²) in [5.41, 5.74) is -0.931. The monoisotopic (exact) mass is 167 g/mol. The maximum Gasteiger partial charge on any atom is 0.145 e. The van der Waals surface area contributed by atoms with Crippen LogP contribution in [0.5, 0.6) is 0 Å². The molecule has 0 aromatic heterocycles. The van der Waals surface area contributed by atoms with Gasteiger partial charge in [-0.15, -0.1) is 0 Å². The van der Waals surface area contributed by atoms with Gasteiger partial charge in [-0.2, -0.15) is 0 Å². The molecule has 1 N–H and O–H groups in total. The van der Waals surface area contributed by atoms with E-state index in [-0.39, 0.29) is 0 Å². The van der Waals surface area contributed by atoms with Gasteiger partial charge in [0.05, 0.1) is 0 Å². The van der Waals surface area contributed by atoms with Crippen LogP contribution in [0.2, 0.25) is 0 Å². The second-order valence-electron chi connectivity index (χ2n) is 1.89. The first kappa shape index (κ1) is 5.51. The summed E-state index contributed by atoms with van der Waals surface area (Å²) in [6, 6.07) is 0. The zero-order chi connectivity index (χ0) is 5.33. The molecule has 1 heterocycles. The van der Waals surface area contributed by atoms with Crippen LogP contribution in [0.4, 0.5) is 4.39 Å². The molecule has 7 heavy (non-hydrogen) atoms. The van der Waals surface area contributed by atoms with E-state index >= 15 is 0 Å². The number of hydrogen-bond acceptors (Lipinski definition) is 1. The molecule has 1 aliphatic heterocycles. The molecule has 42 valence electrons. The Morgan fingerprint density at radius 3 is 2.29 bits per heavy atom. The minimum Gasteiger partial charge on any atom is -0.310 e. The van der Waals surface area contributed by atoms with Crippen LogP contribution in [-0.4, -0.2) is 24.1 Å². The fourth-order valence-electron chi connectivity index (χ4n) is 0.491. The van der Waals surface area contributed by atoms with Crippen molar-refractivity contribution < 1.29 is 4.39 Å². The van der Waals surface area contributed by atoms with Crippen LogP contribution in [0.3, 0.4) is 0 Å². The molecule has 1 nitrogen and oxygen atoms in total. The standard InChI is InChI=1S/C4H7BrFN/c5-1-4(6)2-7-3-4/h7H,1-3H2. The molecule has 0 amide bonds. The van der Waals surface area contributed by atoms with E-state index in [2.05, 4.69) is 21.2 Å². The molecule has 0 atom stereocenters. The summed E-state index contributed by atoms with van der Waals surface area (Å²) in [6.45, 7) is 1.02. The second-order valence-corrected chi connectivity index (χ2v) is 2.45. The minimum absolute atomic E-state index is 0.465. The third kappa shape index (κ3) is 0.941. The number of hydrogen-bond donors (Lipinski definition) is 1. The van der Waals surface area contributed by atoms with Gasteiger partial charge < -0.3 is 5.32 Å². The molecule has 1 aliphatic rings. The molecule has 1 rings (SSSR count). The van der Waals surface area contributed by atoms with E-state index < -0.39 is 5.67 Å². The molecule has 0 aliphatic carbocycles. The average Bonchev–Trinajstić information content (AvgIpc) is 1.61. The molecule has 0 unspecified atom stereocenters. The van der Waals surface area contributed by atoms with E-state index in [0.717, 1.165) is 0 Å². The van der Waals surface area contributed by atoms with Crippen molar-refractivity contribution in [2.24, 2.45) is 0 Å². The Morgan fingerprint density at radius 2 is 2.29 bits per heavy atom. The first-order valence-corrected chi connectivity index (χ1v) is 3.35. The molecule has 1 saturated heterocycles. The van der Waals surface area contributed by atoms with Crippen LogP contribution in [-0.2, 0) is 0 Å². The fourth-order valence-corrected chi connectivity index (χ4v) is 0.887. The van der Waals surface area contributed by atoms with Crippen LogP contribution < -0.4 is 5.32 Å². The lowest BCUT2D eigenvalue weighted by Crippen LogP contribution is -2.57. The largest absolute Gasteiger partial charge is 0.310 e. The molecule has 3 heteroatoms. The van der Waals surface area contributed by atoms with Crippen molar-refractivity contribution in [3.05, 3.63) is 0 Å². The highest BCUT2D eigenvalue weighted by molar-refractivity contribution is 9.09. The highest BCUT2D eigenvalue weighted by Gasteiger charge is 2.35. The van der Waals surface area contributed by atoms with E-state index in [1.807, 2.05) is 0 Å². The van der Waals surface area contributed by atoms with E-state index in [1.165, 1.54) is 0 Å². The summed E-state index contributed by atoms with van der Waals surface area (Å²) in [5.74, 6) is 0. The van der Waals surface area contributed by atoms with E-state index in [9.17, 15) is 4.39 Å². The number of nitrogens with one attached hydrogen (secondary N) is 1. The van der Waals surface area contributed by atoms with Crippen molar-refractivity contribution in [2.75, 3.05) is 18.4 Å². The van der Waals surface area contributed by atoms with Crippen LogP contribution in [0, 0.1) is 0 Å². The summed E-state index contributed by atoms with van der Waals surface area (Å²) in [4.78, 5) is 0. The topological polar surface area (TPSA) is 12.0 Å². The van der Waals surface area contributed by atoms with E-state index in [0.29, 0.717) is 18.4 Å². The van der Waals surface area contributed by atoms with Gasteiger partial charge in [0.2, 0.25) is 0 Å². The van der Waals surface area contributed by atoms with Crippen molar-refractivity contribution in [3.8, 4) is 0 Å². The highest BCUT2D eigenvalue weighted by Crippen LogP contribution is 2.18. The predicted octanol–water partition coefficient (Wildman–Crippen LogP) is 0.693. The van der Waals surface area contributed by atoms with Gasteiger partial charge >= 0.3 is 0 Å². The van der Waals surface area contributed by atoms with Crippen LogP contribution in [0.1, 0.15) is 0 Å². The average molecular weight is 168 g/mol. The molecule has 0 radical (unpaired) electrons. The lowest BCUT2D eigenvalue weighted by molar-refractivity contribution is 0.120. The summed E-state index contributed by atoms with van der Waals surface area (Å²) in [7, 11) is 0. The molecular formula is C4H7BrFN. The maximum atomic E-state index is 12.5. The van der Waals surface area contributed by atoms with Gasteiger partial charge in [-0.3, -0.25) is 0 Å². The van der Waals surface area contributed by atoms with Gasteiger partial charge in [0.1, 0.15) is 5.67 Å². The first-order valence-electron chi connectivity index (χ1n) is 2.22. The minimum atomic E-state index is -0.931. The maximum absolute atomic E-state index is 12.5. The molecular weight excluding hydrogens is 161 g/mol. The smallest absolute Gasteiger partial charge is 0.145 e. The van der Waals surface area contributed by atoms with Crippen molar-refractivity contribution >= 4 is 15.9 Å². The molecule has 1 fully saturated rings. The van der Waals surface area contributed by atoms with Gasteiger partial charge in [0.25, 0.3) is 0 Å². The summed E-state index contributed by atoms with van der Waals surface area (Å²) < 4.78 is 12.5. The molecule has 0 saturated carbocycles. The summed E-state index contributed by atoms with van der Waals surface area (Å²) in [6.07, 6.45) is 0. The number of halogens is 2. The van der Waals surface area contributed by atoms with E-state index in [1.54, 1.807) is 0 Å². The lowest BCUT2D eigenvalue weighted by Gasteiger charge is -2.32. The third-order valence-corrected chi connectivity index (χ3v) is 2.13. The Kier molecular flexibility index (Phi) is 1.34. The van der Waals surface area contributed by atoms with Gasteiger partial charge in [-0.05, 0) is 0 Å². The van der Waals surface area contributed by atoms with Crippen molar-refractivity contribution in [1.82, 2.24) is 5.32 Å². The fraction of sp³-hybridized carbons (Fsp3) is 1.00. The second kappa shape index (κ2) is 1.71. The third-order valence-electron chi connectivity index (χ3n) is 1.12. The zero-order valence-electron chi connectivity index (χ0n) is 3.88. The number of alkyl halides is 2.